The van der Waals surface area contributed by atoms with E-state index in [1.165, 1.54) is 19.6 Å². The van der Waals surface area contributed by atoms with Crippen molar-refractivity contribution in [3.05, 3.63) is 109 Å². The Balaban J connectivity index is 1.18. The van der Waals surface area contributed by atoms with Gasteiger partial charge in [-0.1, -0.05) is 107 Å². The van der Waals surface area contributed by atoms with E-state index < -0.39 is 0 Å². The zero-order valence-corrected chi connectivity index (χ0v) is 21.2. The number of hydrogen-bond acceptors (Lipinski definition) is 6. The van der Waals surface area contributed by atoms with E-state index in [1.54, 1.807) is 46.2 Å². The highest BCUT2D eigenvalue weighted by Gasteiger charge is 2.13. The van der Waals surface area contributed by atoms with Crippen LogP contribution in [0, 0.1) is 0 Å². The quantitative estimate of drug-likeness (QED) is 0.223. The first-order chi connectivity index (χ1) is 16.8. The Kier molecular flexibility index (Phi) is 6.21. The van der Waals surface area contributed by atoms with Crippen molar-refractivity contribution < 1.29 is 0 Å². The lowest BCUT2D eigenvalue weighted by Gasteiger charge is -2.03. The van der Waals surface area contributed by atoms with E-state index in [0.29, 0.717) is 0 Å². The zero-order valence-electron chi connectivity index (χ0n) is 17.9. The molecule has 0 N–H and O–H groups in total. The predicted octanol–water partition coefficient (Wildman–Crippen LogP) is 9.39. The van der Waals surface area contributed by atoms with Crippen LogP contribution in [-0.4, -0.2) is 9.97 Å². The van der Waals surface area contributed by atoms with Crippen LogP contribution in [0.5, 0.6) is 0 Å². The first-order valence-corrected chi connectivity index (χ1v) is 14.0. The maximum atomic E-state index is 4.88. The average molecular weight is 511 g/mol. The van der Waals surface area contributed by atoms with Gasteiger partial charge in [0.2, 0.25) is 0 Å². The van der Waals surface area contributed by atoms with Gasteiger partial charge in [0.15, 0.2) is 9.66 Å². The molecule has 6 rings (SSSR count). The van der Waals surface area contributed by atoms with Gasteiger partial charge in [-0.05, 0) is 48.5 Å². The van der Waals surface area contributed by atoms with Gasteiger partial charge in [-0.2, -0.15) is 0 Å². The van der Waals surface area contributed by atoms with E-state index in [1.807, 2.05) is 12.1 Å². The summed E-state index contributed by atoms with van der Waals surface area (Å²) in [5, 5.41) is 2.04. The standard InChI is InChI=1S/C28H18N2S4/c1-3-7-21(8-4-1)31-23-15-11-19(12-16-23)25-29-27-28(33-25)30-26(34-27)20-13-17-24(18-14-20)32-22-9-5-2-6-10-22/h1-18H. The summed E-state index contributed by atoms with van der Waals surface area (Å²) in [5.41, 5.74) is 2.27. The molecule has 164 valence electrons. The summed E-state index contributed by atoms with van der Waals surface area (Å²) in [6.45, 7) is 0. The van der Waals surface area contributed by atoms with Crippen molar-refractivity contribution in [1.82, 2.24) is 9.97 Å². The molecule has 0 spiro atoms. The third-order valence-corrected chi connectivity index (χ3v) is 9.29. The Labute approximate surface area is 214 Å². The van der Waals surface area contributed by atoms with Gasteiger partial charge in [0.25, 0.3) is 0 Å². The van der Waals surface area contributed by atoms with Gasteiger partial charge in [-0.15, -0.1) is 0 Å². The molecule has 2 heterocycles. The summed E-state index contributed by atoms with van der Waals surface area (Å²) >= 11 is 6.86. The van der Waals surface area contributed by atoms with E-state index in [-0.39, 0.29) is 0 Å². The fraction of sp³-hybridized carbons (Fsp3) is 0. The van der Waals surface area contributed by atoms with E-state index in [2.05, 4.69) is 97.1 Å². The molecule has 0 atom stereocenters. The normalized spacial score (nSPS) is 11.2. The maximum Gasteiger partial charge on any atom is 0.155 e. The minimum Gasteiger partial charge on any atom is -0.223 e. The number of hydrogen-bond donors (Lipinski definition) is 0. The van der Waals surface area contributed by atoms with Crippen molar-refractivity contribution in [2.24, 2.45) is 0 Å². The molecular weight excluding hydrogens is 493 g/mol. The number of rotatable bonds is 6. The third kappa shape index (κ3) is 4.81. The number of thiazole rings is 2. The fourth-order valence-electron chi connectivity index (χ4n) is 3.47. The molecule has 6 aromatic rings. The topological polar surface area (TPSA) is 25.8 Å². The molecule has 0 saturated heterocycles. The van der Waals surface area contributed by atoms with Crippen LogP contribution >= 0.6 is 46.2 Å². The average Bonchev–Trinajstić information content (AvgIpc) is 3.46. The van der Waals surface area contributed by atoms with Gasteiger partial charge < -0.3 is 0 Å². The molecule has 0 bridgehead atoms. The molecule has 2 nitrogen and oxygen atoms in total. The van der Waals surface area contributed by atoms with E-state index in [4.69, 9.17) is 9.97 Å². The lowest BCUT2D eigenvalue weighted by molar-refractivity contribution is 1.40. The lowest BCUT2D eigenvalue weighted by Crippen LogP contribution is -1.78. The molecule has 0 aliphatic heterocycles. The largest absolute Gasteiger partial charge is 0.223 e. The summed E-state index contributed by atoms with van der Waals surface area (Å²) in [5.74, 6) is 0. The second kappa shape index (κ2) is 9.76. The Morgan fingerprint density at radius 2 is 0.765 bits per heavy atom. The van der Waals surface area contributed by atoms with Crippen molar-refractivity contribution in [1.29, 1.82) is 0 Å². The highest BCUT2D eigenvalue weighted by atomic mass is 32.2. The van der Waals surface area contributed by atoms with Crippen LogP contribution in [0.2, 0.25) is 0 Å². The fourth-order valence-corrected chi connectivity index (χ4v) is 7.20. The van der Waals surface area contributed by atoms with Crippen LogP contribution in [-0.2, 0) is 0 Å². The molecule has 0 aliphatic rings. The predicted molar refractivity (Wildman–Crippen MR) is 147 cm³/mol. The molecule has 0 amide bonds. The number of fused-ring (bicyclic) bond motifs is 1. The summed E-state index contributed by atoms with van der Waals surface area (Å²) in [4.78, 5) is 16.7. The summed E-state index contributed by atoms with van der Waals surface area (Å²) < 4.78 is 0. The van der Waals surface area contributed by atoms with Gasteiger partial charge in [0, 0.05) is 30.7 Å². The van der Waals surface area contributed by atoms with Crippen LogP contribution in [0.4, 0.5) is 0 Å². The molecular formula is C28H18N2S4. The van der Waals surface area contributed by atoms with Crippen molar-refractivity contribution >= 4 is 55.9 Å². The summed E-state index contributed by atoms with van der Waals surface area (Å²) in [7, 11) is 0. The molecule has 0 unspecified atom stereocenters. The van der Waals surface area contributed by atoms with Gasteiger partial charge in [-0.25, -0.2) is 9.97 Å². The van der Waals surface area contributed by atoms with Crippen LogP contribution < -0.4 is 0 Å². The van der Waals surface area contributed by atoms with Gasteiger partial charge >= 0.3 is 0 Å². The van der Waals surface area contributed by atoms with Crippen molar-refractivity contribution in [2.45, 2.75) is 19.6 Å². The first kappa shape index (κ1) is 21.6. The number of aromatic nitrogens is 2. The molecule has 6 heteroatoms. The molecule has 4 aromatic carbocycles. The Morgan fingerprint density at radius 3 is 1.15 bits per heavy atom. The Hall–Kier alpha value is -2.90. The highest BCUT2D eigenvalue weighted by Crippen LogP contribution is 2.38. The molecule has 0 fully saturated rings. The molecule has 2 aromatic heterocycles. The molecule has 0 saturated carbocycles. The minimum absolute atomic E-state index is 1.00. The number of nitrogens with zero attached hydrogens (tertiary/aromatic N) is 2. The monoisotopic (exact) mass is 510 g/mol. The smallest absolute Gasteiger partial charge is 0.155 e. The second-order valence-corrected chi connectivity index (χ2v) is 11.8. The Bertz CT molecular complexity index is 1380. The second-order valence-electron chi connectivity index (χ2n) is 7.53. The van der Waals surface area contributed by atoms with Gasteiger partial charge in [0.1, 0.15) is 10.0 Å². The van der Waals surface area contributed by atoms with E-state index in [9.17, 15) is 0 Å². The molecule has 34 heavy (non-hydrogen) atoms. The van der Waals surface area contributed by atoms with Crippen molar-refractivity contribution in [3.8, 4) is 21.1 Å². The molecule has 0 radical (unpaired) electrons. The van der Waals surface area contributed by atoms with Crippen LogP contribution in [0.25, 0.3) is 30.8 Å². The minimum atomic E-state index is 1.00. The van der Waals surface area contributed by atoms with Crippen LogP contribution in [0.1, 0.15) is 0 Å². The van der Waals surface area contributed by atoms with E-state index in [0.717, 1.165) is 30.8 Å². The summed E-state index contributed by atoms with van der Waals surface area (Å²) in [6.07, 6.45) is 0. The van der Waals surface area contributed by atoms with Crippen LogP contribution in [0.15, 0.2) is 129 Å². The third-order valence-electron chi connectivity index (χ3n) is 5.14. The Morgan fingerprint density at radius 1 is 0.412 bits per heavy atom. The maximum absolute atomic E-state index is 4.88. The zero-order chi connectivity index (χ0) is 22.7. The lowest BCUT2D eigenvalue weighted by atomic mass is 10.2. The molecule has 0 aliphatic carbocycles. The van der Waals surface area contributed by atoms with Gasteiger partial charge in [-0.3, -0.25) is 0 Å². The van der Waals surface area contributed by atoms with Crippen molar-refractivity contribution in [3.63, 3.8) is 0 Å². The van der Waals surface area contributed by atoms with Crippen LogP contribution in [0.3, 0.4) is 0 Å². The SMILES string of the molecule is c1ccc(Sc2ccc(-c3nc4sc(-c5ccc(Sc6ccccc6)cc5)nc4s3)cc2)cc1. The summed E-state index contributed by atoms with van der Waals surface area (Å²) in [6, 6.07) is 38.1. The van der Waals surface area contributed by atoms with Crippen molar-refractivity contribution in [2.75, 3.05) is 0 Å². The number of benzene rings is 4. The van der Waals surface area contributed by atoms with E-state index >= 15 is 0 Å². The highest BCUT2D eigenvalue weighted by molar-refractivity contribution is 7.99. The van der Waals surface area contributed by atoms with Gasteiger partial charge in [0.05, 0.1) is 0 Å². The first-order valence-electron chi connectivity index (χ1n) is 10.7.